The van der Waals surface area contributed by atoms with E-state index < -0.39 is 5.97 Å². The minimum absolute atomic E-state index is 0.0606. The molecule has 0 bridgehead atoms. The van der Waals surface area contributed by atoms with E-state index in [0.29, 0.717) is 62.3 Å². The summed E-state index contributed by atoms with van der Waals surface area (Å²) in [6.07, 6.45) is 2.27. The van der Waals surface area contributed by atoms with Gasteiger partial charge in [0.2, 0.25) is 0 Å². The molecule has 0 fully saturated rings. The summed E-state index contributed by atoms with van der Waals surface area (Å²) < 4.78 is 11.7. The second-order valence-electron chi connectivity index (χ2n) is 10.3. The maximum absolute atomic E-state index is 13.4. The van der Waals surface area contributed by atoms with Gasteiger partial charge in [0.15, 0.2) is 11.1 Å². The Kier molecular flexibility index (Phi) is 7.47. The first kappa shape index (κ1) is 28.1. The van der Waals surface area contributed by atoms with E-state index in [-0.39, 0.29) is 30.4 Å². The normalized spacial score (nSPS) is 11.1. The Morgan fingerprint density at radius 2 is 1.68 bits per heavy atom. The van der Waals surface area contributed by atoms with Crippen LogP contribution in [0.5, 0.6) is 6.01 Å². The summed E-state index contributed by atoms with van der Waals surface area (Å²) in [5, 5.41) is 17.3. The van der Waals surface area contributed by atoms with Gasteiger partial charge in [-0.25, -0.2) is 9.78 Å². The highest BCUT2D eigenvalue weighted by atomic mass is 16.5. The largest absolute Gasteiger partial charge is 0.478 e. The van der Waals surface area contributed by atoms with E-state index in [1.54, 1.807) is 54.6 Å². The molecule has 0 unspecified atom stereocenters. The molecule has 0 saturated carbocycles. The standard InChI is InChI=1S/C34H27N5O5/c35-22-7-10-25-29(16-22)44-30-17-23(36)8-11-26(30)32(25)27-15-21(6-9-24(27)33(41)42)28(40)12-5-19-1-3-20(4-2-19)18-43-34-38-14-13-31(37)39-34/h1-4,6-11,13-17,35H,5,12,18,36H2,(H,41,42)(H2,37,38,39)/p+1. The number of carboxylic acids is 1. The van der Waals surface area contributed by atoms with Crippen LogP contribution in [0.15, 0.2) is 95.5 Å². The number of aryl methyl sites for hydroxylation is 1. The third-order valence-electron chi connectivity index (χ3n) is 7.30. The smallest absolute Gasteiger partial charge is 0.336 e. The van der Waals surface area contributed by atoms with Gasteiger partial charge < -0.3 is 25.7 Å². The second kappa shape index (κ2) is 11.7. The third-order valence-corrected chi connectivity index (χ3v) is 7.30. The Morgan fingerprint density at radius 3 is 2.45 bits per heavy atom. The Hall–Kier alpha value is -6.03. The average molecular weight is 587 g/mol. The molecule has 6 rings (SSSR count). The molecule has 44 heavy (non-hydrogen) atoms. The monoisotopic (exact) mass is 586 g/mol. The van der Waals surface area contributed by atoms with Gasteiger partial charge in [0.1, 0.15) is 23.8 Å². The zero-order chi connectivity index (χ0) is 30.8. The van der Waals surface area contributed by atoms with Crippen LogP contribution in [0.1, 0.15) is 38.3 Å². The molecule has 218 valence electrons. The number of carbonyl (C=O) groups is 2. The summed E-state index contributed by atoms with van der Waals surface area (Å²) in [4.78, 5) is 33.8. The van der Waals surface area contributed by atoms with Crippen LogP contribution in [-0.4, -0.2) is 26.8 Å². The lowest BCUT2D eigenvalue weighted by molar-refractivity contribution is -0.172. The van der Waals surface area contributed by atoms with E-state index in [9.17, 15) is 14.7 Å². The van der Waals surface area contributed by atoms with Gasteiger partial charge in [0.25, 0.3) is 0 Å². The Morgan fingerprint density at radius 1 is 0.886 bits per heavy atom. The first-order valence-corrected chi connectivity index (χ1v) is 13.8. The Bertz CT molecular complexity index is 2070. The molecule has 10 nitrogen and oxygen atoms in total. The number of nitrogens with zero attached hydrogens (tertiary/aromatic N) is 2. The van der Waals surface area contributed by atoms with Crippen LogP contribution >= 0.6 is 0 Å². The van der Waals surface area contributed by atoms with E-state index in [2.05, 4.69) is 9.97 Å². The number of aromatic carboxylic acids is 1. The molecule has 10 heteroatoms. The molecule has 2 aliphatic rings. The number of rotatable bonds is 9. The number of Topliss-reactive ketones (excluding diaryl/α,β-unsaturated/α-hetero) is 1. The summed E-state index contributed by atoms with van der Waals surface area (Å²) in [5.41, 5.74) is 16.7. The molecule has 7 N–H and O–H groups in total. The molecule has 0 spiro atoms. The third kappa shape index (κ3) is 5.82. The van der Waals surface area contributed by atoms with Gasteiger partial charge in [0.05, 0.1) is 11.6 Å². The van der Waals surface area contributed by atoms with Crippen molar-refractivity contribution in [2.75, 3.05) is 11.5 Å². The van der Waals surface area contributed by atoms with Gasteiger partial charge in [-0.2, -0.15) is 4.98 Å². The van der Waals surface area contributed by atoms with Crippen molar-refractivity contribution in [3.63, 3.8) is 0 Å². The molecule has 1 aliphatic carbocycles. The number of carbonyl (C=O) groups excluding carboxylic acids is 1. The van der Waals surface area contributed by atoms with Crippen molar-refractivity contribution in [2.24, 2.45) is 0 Å². The summed E-state index contributed by atoms with van der Waals surface area (Å²) in [7, 11) is 0. The number of anilines is 2. The van der Waals surface area contributed by atoms with Gasteiger partial charge in [-0.15, -0.1) is 0 Å². The molecule has 1 aliphatic heterocycles. The summed E-state index contributed by atoms with van der Waals surface area (Å²) in [5.74, 6) is -0.424. The lowest BCUT2D eigenvalue weighted by Crippen LogP contribution is -2.44. The number of benzene rings is 4. The maximum Gasteiger partial charge on any atom is 0.336 e. The van der Waals surface area contributed by atoms with Crippen molar-refractivity contribution in [1.82, 2.24) is 9.97 Å². The van der Waals surface area contributed by atoms with Gasteiger partial charge in [-0.05, 0) is 59.5 Å². The predicted octanol–water partition coefficient (Wildman–Crippen LogP) is 3.91. The molecule has 1 aromatic heterocycles. The van der Waals surface area contributed by atoms with Crippen molar-refractivity contribution >= 4 is 34.2 Å². The van der Waals surface area contributed by atoms with E-state index >= 15 is 0 Å². The number of hydrogen-bond donors (Lipinski definition) is 4. The topological polar surface area (TPSA) is 180 Å². The van der Waals surface area contributed by atoms with E-state index in [0.717, 1.165) is 11.1 Å². The number of nitrogens with two attached hydrogens (primary N) is 3. The van der Waals surface area contributed by atoms with Gasteiger partial charge in [-0.3, -0.25) is 10.2 Å². The molecule has 2 heterocycles. The summed E-state index contributed by atoms with van der Waals surface area (Å²) >= 11 is 0. The fourth-order valence-electron chi connectivity index (χ4n) is 5.10. The number of hydrogen-bond acceptors (Lipinski definition) is 8. The van der Waals surface area contributed by atoms with E-state index in [1.807, 2.05) is 24.3 Å². The van der Waals surface area contributed by atoms with Crippen LogP contribution in [0.2, 0.25) is 0 Å². The Labute approximate surface area is 251 Å². The number of ether oxygens (including phenoxy) is 1. The minimum Gasteiger partial charge on any atom is -0.478 e. The molecule has 0 atom stereocenters. The molecule has 4 aromatic rings. The highest BCUT2D eigenvalue weighted by Gasteiger charge is 2.23. The number of fused-ring (bicyclic) bond motifs is 2. The highest BCUT2D eigenvalue weighted by Crippen LogP contribution is 2.42. The minimum atomic E-state index is -1.11. The zero-order valence-electron chi connectivity index (χ0n) is 23.5. The zero-order valence-corrected chi connectivity index (χ0v) is 23.5. The molecule has 3 aromatic carbocycles. The van der Waals surface area contributed by atoms with Crippen molar-refractivity contribution < 1.29 is 29.3 Å². The fraction of sp³-hybridized carbons (Fsp3) is 0.0882. The SMILES string of the molecule is Nc1ccc2c(-c3cc(C(=O)CCc4ccc(COc5nccc(N)n5)cc4)ccc3C(=O)O)c3ccc(=[NH2+])cc-3oc2c1. The first-order chi connectivity index (χ1) is 21.2. The fourth-order valence-corrected chi connectivity index (χ4v) is 5.10. The summed E-state index contributed by atoms with van der Waals surface area (Å²) in [6, 6.07) is 24.6. The number of carboxylic acid groups (broad SMARTS) is 1. The van der Waals surface area contributed by atoms with Crippen LogP contribution in [-0.2, 0) is 13.0 Å². The molecular weight excluding hydrogens is 558 g/mol. The van der Waals surface area contributed by atoms with Crippen LogP contribution in [0.3, 0.4) is 0 Å². The molecule has 0 amide bonds. The molecule has 0 radical (unpaired) electrons. The van der Waals surface area contributed by atoms with E-state index in [4.69, 9.17) is 26.0 Å². The van der Waals surface area contributed by atoms with Crippen molar-refractivity contribution in [3.05, 3.63) is 119 Å². The maximum atomic E-state index is 13.4. The van der Waals surface area contributed by atoms with Crippen LogP contribution in [0, 0.1) is 0 Å². The Balaban J connectivity index is 1.27. The van der Waals surface area contributed by atoms with Gasteiger partial charge >= 0.3 is 12.0 Å². The predicted molar refractivity (Wildman–Crippen MR) is 165 cm³/mol. The first-order valence-electron chi connectivity index (χ1n) is 13.8. The average Bonchev–Trinajstić information content (AvgIpc) is 3.01. The van der Waals surface area contributed by atoms with Gasteiger partial charge in [0, 0.05) is 52.5 Å². The van der Waals surface area contributed by atoms with Crippen LogP contribution in [0.25, 0.3) is 33.4 Å². The van der Waals surface area contributed by atoms with E-state index in [1.165, 1.54) is 12.3 Å². The van der Waals surface area contributed by atoms with Crippen LogP contribution < -0.4 is 27.0 Å². The number of aromatic nitrogens is 2. The summed E-state index contributed by atoms with van der Waals surface area (Å²) in [6.45, 7) is 0.274. The van der Waals surface area contributed by atoms with Crippen molar-refractivity contribution in [3.8, 4) is 28.5 Å². The quantitative estimate of drug-likeness (QED) is 0.111. The van der Waals surface area contributed by atoms with Crippen molar-refractivity contribution in [1.29, 1.82) is 0 Å². The molecular formula is C34H28N5O5+. The number of nitrogen functional groups attached to an aromatic ring is 2. The molecule has 0 saturated heterocycles. The highest BCUT2D eigenvalue weighted by molar-refractivity contribution is 6.09. The lowest BCUT2D eigenvalue weighted by atomic mass is 9.88. The van der Waals surface area contributed by atoms with Crippen molar-refractivity contribution in [2.45, 2.75) is 19.4 Å². The second-order valence-corrected chi connectivity index (χ2v) is 10.3. The number of ketones is 1. The van der Waals surface area contributed by atoms with Gasteiger partial charge in [-0.1, -0.05) is 30.3 Å². The van der Waals surface area contributed by atoms with Crippen LogP contribution in [0.4, 0.5) is 11.5 Å². The lowest BCUT2D eigenvalue weighted by Gasteiger charge is -2.17.